The van der Waals surface area contributed by atoms with E-state index in [1.165, 1.54) is 14.2 Å². The number of nitrogens with one attached hydrogen (secondary N) is 1. The van der Waals surface area contributed by atoms with Gasteiger partial charge in [-0.1, -0.05) is 0 Å². The molecule has 0 aliphatic heterocycles. The van der Waals surface area contributed by atoms with Crippen LogP contribution in [0.15, 0.2) is 11.1 Å². The molecular formula is C16H25NO6. The highest BCUT2D eigenvalue weighted by Gasteiger charge is 2.34. The van der Waals surface area contributed by atoms with Crippen LogP contribution in [0.25, 0.3) is 0 Å². The molecule has 0 radical (unpaired) electrons. The molecule has 0 bridgehead atoms. The second kappa shape index (κ2) is 7.99. The van der Waals surface area contributed by atoms with E-state index < -0.39 is 23.6 Å². The van der Waals surface area contributed by atoms with Crippen LogP contribution in [0.1, 0.15) is 40.0 Å². The van der Waals surface area contributed by atoms with E-state index in [1.807, 2.05) is 0 Å². The molecular weight excluding hydrogens is 302 g/mol. The minimum atomic E-state index is -0.712. The Hall–Kier alpha value is -2.05. The van der Waals surface area contributed by atoms with Gasteiger partial charge in [0.2, 0.25) is 0 Å². The molecule has 1 rings (SSSR count). The molecule has 0 heterocycles. The Morgan fingerprint density at radius 1 is 1.04 bits per heavy atom. The van der Waals surface area contributed by atoms with E-state index in [2.05, 4.69) is 14.8 Å². The highest BCUT2D eigenvalue weighted by atomic mass is 16.6. The fraction of sp³-hybridized carbons (Fsp3) is 0.688. The first-order valence-electron chi connectivity index (χ1n) is 7.56. The predicted molar refractivity (Wildman–Crippen MR) is 82.6 cm³/mol. The van der Waals surface area contributed by atoms with Gasteiger partial charge in [-0.3, -0.25) is 0 Å². The van der Waals surface area contributed by atoms with Crippen LogP contribution >= 0.6 is 0 Å². The molecule has 0 aromatic rings. The first-order valence-corrected chi connectivity index (χ1v) is 7.56. The Balaban J connectivity index is 2.77. The molecule has 0 atom stereocenters. The topological polar surface area (TPSA) is 90.9 Å². The Kier molecular flexibility index (Phi) is 6.60. The summed E-state index contributed by atoms with van der Waals surface area (Å²) in [6, 6.07) is 0. The van der Waals surface area contributed by atoms with Gasteiger partial charge in [0.05, 0.1) is 14.2 Å². The fourth-order valence-electron chi connectivity index (χ4n) is 2.13. The van der Waals surface area contributed by atoms with E-state index in [0.29, 0.717) is 12.0 Å². The monoisotopic (exact) mass is 327 g/mol. The Morgan fingerprint density at radius 2 is 1.57 bits per heavy atom. The third-order valence-corrected chi connectivity index (χ3v) is 3.23. The lowest BCUT2D eigenvalue weighted by molar-refractivity contribution is -0.144. The minimum Gasteiger partial charge on any atom is -0.465 e. The number of alkyl carbamates (subject to hydrolysis) is 1. The molecule has 1 amide bonds. The summed E-state index contributed by atoms with van der Waals surface area (Å²) >= 11 is 0. The fourth-order valence-corrected chi connectivity index (χ4v) is 2.13. The van der Waals surface area contributed by atoms with Crippen molar-refractivity contribution >= 4 is 18.0 Å². The number of methoxy groups -OCH3 is 2. The summed E-state index contributed by atoms with van der Waals surface area (Å²) in [5, 5.41) is 2.62. The van der Waals surface area contributed by atoms with Crippen molar-refractivity contribution in [3.8, 4) is 0 Å². The van der Waals surface area contributed by atoms with Gasteiger partial charge in [0.15, 0.2) is 0 Å². The number of hydrogen-bond donors (Lipinski definition) is 1. The number of ether oxygens (including phenoxy) is 3. The number of amides is 1. The van der Waals surface area contributed by atoms with Crippen molar-refractivity contribution in [1.29, 1.82) is 0 Å². The zero-order chi connectivity index (χ0) is 17.6. The van der Waals surface area contributed by atoms with Crippen molar-refractivity contribution in [2.24, 2.45) is 5.92 Å². The van der Waals surface area contributed by atoms with Gasteiger partial charge in [-0.25, -0.2) is 14.4 Å². The second-order valence-electron chi connectivity index (χ2n) is 6.34. The summed E-state index contributed by atoms with van der Waals surface area (Å²) in [5.74, 6) is -1.27. The first-order chi connectivity index (χ1) is 10.7. The summed E-state index contributed by atoms with van der Waals surface area (Å²) in [5.41, 5.74) is 0.0193. The summed E-state index contributed by atoms with van der Waals surface area (Å²) in [6.45, 7) is 5.58. The van der Waals surface area contributed by atoms with Gasteiger partial charge in [-0.05, 0) is 51.5 Å². The van der Waals surface area contributed by atoms with E-state index in [1.54, 1.807) is 20.8 Å². The van der Waals surface area contributed by atoms with Crippen LogP contribution in [0.2, 0.25) is 0 Å². The molecule has 1 aliphatic rings. The molecule has 0 spiro atoms. The van der Waals surface area contributed by atoms with Crippen LogP contribution in [0, 0.1) is 5.92 Å². The zero-order valence-corrected chi connectivity index (χ0v) is 14.4. The van der Waals surface area contributed by atoms with Crippen LogP contribution in [0.3, 0.4) is 0 Å². The van der Waals surface area contributed by atoms with Crippen LogP contribution in [-0.2, 0) is 23.8 Å². The average molecular weight is 327 g/mol. The van der Waals surface area contributed by atoms with Crippen LogP contribution in [0.5, 0.6) is 0 Å². The van der Waals surface area contributed by atoms with E-state index in [-0.39, 0.29) is 18.0 Å². The van der Waals surface area contributed by atoms with Gasteiger partial charge in [-0.2, -0.15) is 0 Å². The molecule has 130 valence electrons. The quantitative estimate of drug-likeness (QED) is 0.264. The zero-order valence-electron chi connectivity index (χ0n) is 14.4. The largest absolute Gasteiger partial charge is 0.465 e. The molecule has 1 N–H and O–H groups in total. The lowest BCUT2D eigenvalue weighted by atomic mass is 10.00. The molecule has 0 aromatic heterocycles. The minimum absolute atomic E-state index is 0.0662. The van der Waals surface area contributed by atoms with Crippen LogP contribution in [-0.4, -0.2) is 44.4 Å². The molecule has 7 heteroatoms. The molecule has 0 aromatic carbocycles. The number of rotatable bonds is 6. The number of hydrogen-bond acceptors (Lipinski definition) is 6. The van der Waals surface area contributed by atoms with Gasteiger partial charge in [0.25, 0.3) is 0 Å². The smallest absolute Gasteiger partial charge is 0.407 e. The molecule has 1 fully saturated rings. The average Bonchev–Trinajstić information content (AvgIpc) is 3.27. The summed E-state index contributed by atoms with van der Waals surface area (Å²) in [6.07, 6.45) is 1.63. The SMILES string of the molecule is COC(=O)C(C(=O)OC)=C(CCNC(=O)OC(C)(C)C)C1CC1. The second-order valence-corrected chi connectivity index (χ2v) is 6.34. The first kappa shape index (κ1) is 19.0. The van der Waals surface area contributed by atoms with Crippen LogP contribution in [0.4, 0.5) is 4.79 Å². The summed E-state index contributed by atoms with van der Waals surface area (Å²) < 4.78 is 14.5. The van der Waals surface area contributed by atoms with Gasteiger partial charge >= 0.3 is 18.0 Å². The predicted octanol–water partition coefficient (Wildman–Crippen LogP) is 1.95. The highest BCUT2D eigenvalue weighted by Crippen LogP contribution is 2.40. The maximum absolute atomic E-state index is 11.9. The Bertz CT molecular complexity index is 481. The van der Waals surface area contributed by atoms with Gasteiger partial charge < -0.3 is 19.5 Å². The van der Waals surface area contributed by atoms with Crippen LogP contribution < -0.4 is 5.32 Å². The maximum Gasteiger partial charge on any atom is 0.407 e. The van der Waals surface area contributed by atoms with Gasteiger partial charge in [0.1, 0.15) is 11.2 Å². The number of carbonyl (C=O) groups excluding carboxylic acids is 3. The third kappa shape index (κ3) is 6.30. The van der Waals surface area contributed by atoms with Crippen molar-refractivity contribution in [3.63, 3.8) is 0 Å². The van der Waals surface area contributed by atoms with Crippen molar-refractivity contribution in [2.75, 3.05) is 20.8 Å². The highest BCUT2D eigenvalue weighted by molar-refractivity contribution is 6.14. The van der Waals surface area contributed by atoms with E-state index in [0.717, 1.165) is 12.8 Å². The van der Waals surface area contributed by atoms with E-state index in [9.17, 15) is 14.4 Å². The van der Waals surface area contributed by atoms with E-state index in [4.69, 9.17) is 4.74 Å². The summed E-state index contributed by atoms with van der Waals surface area (Å²) in [7, 11) is 2.43. The molecule has 0 saturated heterocycles. The van der Waals surface area contributed by atoms with Crippen molar-refractivity contribution in [1.82, 2.24) is 5.32 Å². The maximum atomic E-state index is 11.9. The van der Waals surface area contributed by atoms with Crippen molar-refractivity contribution in [3.05, 3.63) is 11.1 Å². The normalized spacial score (nSPS) is 13.8. The lowest BCUT2D eigenvalue weighted by Crippen LogP contribution is -2.33. The molecule has 23 heavy (non-hydrogen) atoms. The van der Waals surface area contributed by atoms with E-state index >= 15 is 0 Å². The molecule has 7 nitrogen and oxygen atoms in total. The van der Waals surface area contributed by atoms with Crippen molar-refractivity contribution < 1.29 is 28.6 Å². The number of carbonyl (C=O) groups is 3. The Morgan fingerprint density at radius 3 is 1.96 bits per heavy atom. The third-order valence-electron chi connectivity index (χ3n) is 3.23. The Labute approximate surface area is 136 Å². The standard InChI is InChI=1S/C16H25NO6/c1-16(2,3)23-15(20)17-9-8-11(10-6-7-10)12(13(18)21-4)14(19)22-5/h10H,6-9H2,1-5H3,(H,17,20). The summed E-state index contributed by atoms with van der Waals surface area (Å²) in [4.78, 5) is 35.4. The van der Waals surface area contributed by atoms with Crippen molar-refractivity contribution in [2.45, 2.75) is 45.6 Å². The van der Waals surface area contributed by atoms with Gasteiger partial charge in [0, 0.05) is 6.54 Å². The lowest BCUT2D eigenvalue weighted by Gasteiger charge is -2.20. The molecule has 1 aliphatic carbocycles. The molecule has 0 unspecified atom stereocenters. The molecule has 1 saturated carbocycles. The number of esters is 2. The van der Waals surface area contributed by atoms with Gasteiger partial charge in [-0.15, -0.1) is 0 Å².